The van der Waals surface area contributed by atoms with E-state index in [2.05, 4.69) is 15.0 Å². The molecule has 3 aromatic heterocycles. The van der Waals surface area contributed by atoms with Gasteiger partial charge in [0.05, 0.1) is 17.3 Å². The Balaban J connectivity index is 1.66. The Hall–Kier alpha value is -4.07. The summed E-state index contributed by atoms with van der Waals surface area (Å²) in [5.74, 6) is -0.544. The van der Waals surface area contributed by atoms with E-state index in [1.54, 1.807) is 18.3 Å². The Kier molecular flexibility index (Phi) is 4.06. The molecule has 0 spiro atoms. The maximum atomic E-state index is 12.1. The molecular formula is C19H11N3O5. The third-order valence-corrected chi connectivity index (χ3v) is 3.74. The van der Waals surface area contributed by atoms with Crippen molar-refractivity contribution in [2.24, 2.45) is 0 Å². The van der Waals surface area contributed by atoms with Gasteiger partial charge < -0.3 is 14.3 Å². The molecule has 0 aliphatic rings. The average Bonchev–Trinajstić information content (AvgIpc) is 2.69. The molecule has 8 heteroatoms. The van der Waals surface area contributed by atoms with E-state index in [1.807, 2.05) is 0 Å². The minimum atomic E-state index is -0.607. The predicted molar refractivity (Wildman–Crippen MR) is 94.4 cm³/mol. The Labute approximate surface area is 151 Å². The molecule has 0 amide bonds. The number of aromatic nitrogens is 3. The molecular weight excluding hydrogens is 350 g/mol. The molecule has 8 nitrogen and oxygen atoms in total. The van der Waals surface area contributed by atoms with Gasteiger partial charge in [-0.25, -0.2) is 14.8 Å². The number of ether oxygens (including phenoxy) is 1. The van der Waals surface area contributed by atoms with Crippen LogP contribution in [0.15, 0.2) is 70.5 Å². The number of carbonyl (C=O) groups excluding carboxylic acids is 1. The van der Waals surface area contributed by atoms with E-state index in [1.165, 1.54) is 43.0 Å². The smallest absolute Gasteiger partial charge is 0.345 e. The fourth-order valence-electron chi connectivity index (χ4n) is 2.48. The summed E-state index contributed by atoms with van der Waals surface area (Å²) in [6.07, 6.45) is 5.54. The number of rotatable bonds is 3. The lowest BCUT2D eigenvalue weighted by atomic mass is 10.1. The second kappa shape index (κ2) is 6.68. The van der Waals surface area contributed by atoms with Gasteiger partial charge in [-0.1, -0.05) is 0 Å². The predicted octanol–water partition coefficient (Wildman–Crippen LogP) is 2.57. The molecule has 0 saturated heterocycles. The van der Waals surface area contributed by atoms with Gasteiger partial charge in [0, 0.05) is 24.5 Å². The van der Waals surface area contributed by atoms with Crippen LogP contribution in [-0.2, 0) is 0 Å². The van der Waals surface area contributed by atoms with Gasteiger partial charge >= 0.3 is 5.97 Å². The number of hydrogen-bond donors (Lipinski definition) is 1. The van der Waals surface area contributed by atoms with E-state index >= 15 is 0 Å². The first-order chi connectivity index (χ1) is 13.1. The van der Waals surface area contributed by atoms with E-state index in [0.717, 1.165) is 0 Å². The van der Waals surface area contributed by atoms with Crippen LogP contribution in [0.4, 0.5) is 0 Å². The molecule has 1 N–H and O–H groups in total. The zero-order chi connectivity index (χ0) is 18.8. The number of carbonyl (C=O) groups is 1. The molecule has 0 aliphatic heterocycles. The van der Waals surface area contributed by atoms with Gasteiger partial charge in [-0.2, -0.15) is 0 Å². The number of hydrogen-bond acceptors (Lipinski definition) is 8. The molecule has 4 aromatic rings. The van der Waals surface area contributed by atoms with Gasteiger partial charge in [0.15, 0.2) is 11.1 Å². The monoisotopic (exact) mass is 361 g/mol. The number of phenols is 1. The lowest BCUT2D eigenvalue weighted by Gasteiger charge is -2.08. The summed E-state index contributed by atoms with van der Waals surface area (Å²) in [7, 11) is 0. The Morgan fingerprint density at radius 2 is 2.00 bits per heavy atom. The number of pyridine rings is 1. The first-order valence-electron chi connectivity index (χ1n) is 7.81. The van der Waals surface area contributed by atoms with Crippen LogP contribution in [0.25, 0.3) is 22.4 Å². The first kappa shape index (κ1) is 16.4. The molecule has 27 heavy (non-hydrogen) atoms. The van der Waals surface area contributed by atoms with Crippen molar-refractivity contribution in [3.63, 3.8) is 0 Å². The number of nitrogens with zero attached hydrogens (tertiary/aromatic N) is 3. The maximum Gasteiger partial charge on any atom is 0.345 e. The molecule has 0 bridgehead atoms. The van der Waals surface area contributed by atoms with Crippen LogP contribution in [0.5, 0.6) is 11.5 Å². The largest absolute Gasteiger partial charge is 0.507 e. The molecule has 132 valence electrons. The molecule has 0 atom stereocenters. The summed E-state index contributed by atoms with van der Waals surface area (Å²) >= 11 is 0. The van der Waals surface area contributed by atoms with E-state index in [-0.39, 0.29) is 44.9 Å². The average molecular weight is 361 g/mol. The number of aromatic hydroxyl groups is 1. The van der Waals surface area contributed by atoms with Gasteiger partial charge in [0.2, 0.25) is 5.43 Å². The normalized spacial score (nSPS) is 10.7. The Morgan fingerprint density at radius 3 is 2.78 bits per heavy atom. The zero-order valence-electron chi connectivity index (χ0n) is 13.7. The quantitative estimate of drug-likeness (QED) is 0.437. The van der Waals surface area contributed by atoms with Crippen molar-refractivity contribution in [3.05, 3.63) is 77.1 Å². The molecule has 0 fully saturated rings. The Bertz CT molecular complexity index is 1200. The minimum Gasteiger partial charge on any atom is -0.507 e. The number of benzene rings is 1. The standard InChI is InChI=1S/C19H11N3O5/c23-14-6-12(26-19(25)11-2-1-5-20-8-11)3-4-13(14)16-7-15(24)18-17(27-16)9-21-10-22-18/h1-10,23H. The van der Waals surface area contributed by atoms with Crippen LogP contribution in [0, 0.1) is 0 Å². The van der Waals surface area contributed by atoms with Crippen LogP contribution in [0.3, 0.4) is 0 Å². The van der Waals surface area contributed by atoms with Gasteiger partial charge in [-0.15, -0.1) is 0 Å². The highest BCUT2D eigenvalue weighted by atomic mass is 16.5. The molecule has 0 radical (unpaired) electrons. The highest BCUT2D eigenvalue weighted by molar-refractivity contribution is 5.90. The minimum absolute atomic E-state index is 0.136. The highest BCUT2D eigenvalue weighted by Gasteiger charge is 2.14. The van der Waals surface area contributed by atoms with E-state index in [4.69, 9.17) is 9.15 Å². The zero-order valence-corrected chi connectivity index (χ0v) is 13.7. The van der Waals surface area contributed by atoms with E-state index in [0.29, 0.717) is 0 Å². The highest BCUT2D eigenvalue weighted by Crippen LogP contribution is 2.33. The third kappa shape index (κ3) is 3.23. The van der Waals surface area contributed by atoms with Gasteiger partial charge in [-0.05, 0) is 24.3 Å². The number of phenolic OH excluding ortho intramolecular Hbond substituents is 1. The van der Waals surface area contributed by atoms with Crippen LogP contribution in [0.2, 0.25) is 0 Å². The van der Waals surface area contributed by atoms with Crippen molar-refractivity contribution in [1.29, 1.82) is 0 Å². The SMILES string of the molecule is O=C(Oc1ccc(-c2cc(=O)c3ncncc3o2)c(O)c1)c1cccnc1. The summed E-state index contributed by atoms with van der Waals surface area (Å²) in [6, 6.07) is 8.63. The Morgan fingerprint density at radius 1 is 1.11 bits per heavy atom. The summed E-state index contributed by atoms with van der Waals surface area (Å²) in [4.78, 5) is 35.7. The van der Waals surface area contributed by atoms with Crippen molar-refractivity contribution < 1.29 is 19.1 Å². The number of fused-ring (bicyclic) bond motifs is 1. The molecule has 0 saturated carbocycles. The molecule has 0 aliphatic carbocycles. The van der Waals surface area contributed by atoms with Crippen molar-refractivity contribution in [2.45, 2.75) is 0 Å². The fourth-order valence-corrected chi connectivity index (χ4v) is 2.48. The second-order valence-corrected chi connectivity index (χ2v) is 5.52. The van der Waals surface area contributed by atoms with Crippen LogP contribution >= 0.6 is 0 Å². The molecule has 1 aromatic carbocycles. The summed E-state index contributed by atoms with van der Waals surface area (Å²) in [6.45, 7) is 0. The number of esters is 1. The summed E-state index contributed by atoms with van der Waals surface area (Å²) < 4.78 is 10.8. The summed E-state index contributed by atoms with van der Waals surface area (Å²) in [5, 5.41) is 10.3. The topological polar surface area (TPSA) is 115 Å². The van der Waals surface area contributed by atoms with Crippen molar-refractivity contribution in [1.82, 2.24) is 15.0 Å². The van der Waals surface area contributed by atoms with Crippen LogP contribution in [-0.4, -0.2) is 26.0 Å². The van der Waals surface area contributed by atoms with Gasteiger partial charge in [0.25, 0.3) is 0 Å². The first-order valence-corrected chi connectivity index (χ1v) is 7.81. The molecule has 0 unspecified atom stereocenters. The second-order valence-electron chi connectivity index (χ2n) is 5.52. The van der Waals surface area contributed by atoms with Crippen LogP contribution < -0.4 is 10.2 Å². The lowest BCUT2D eigenvalue weighted by Crippen LogP contribution is -2.08. The molecule has 3 heterocycles. The fraction of sp³-hybridized carbons (Fsp3) is 0. The van der Waals surface area contributed by atoms with Gasteiger partial charge in [0.1, 0.15) is 23.6 Å². The maximum absolute atomic E-state index is 12.1. The van der Waals surface area contributed by atoms with Gasteiger partial charge in [-0.3, -0.25) is 9.78 Å². The van der Waals surface area contributed by atoms with Crippen molar-refractivity contribution in [3.8, 4) is 22.8 Å². The van der Waals surface area contributed by atoms with E-state index in [9.17, 15) is 14.7 Å². The molecule has 4 rings (SSSR count). The van der Waals surface area contributed by atoms with Crippen molar-refractivity contribution >= 4 is 17.1 Å². The van der Waals surface area contributed by atoms with Crippen LogP contribution in [0.1, 0.15) is 10.4 Å². The summed E-state index contributed by atoms with van der Waals surface area (Å²) in [5.41, 5.74) is 0.530. The third-order valence-electron chi connectivity index (χ3n) is 3.74. The van der Waals surface area contributed by atoms with E-state index < -0.39 is 5.97 Å². The lowest BCUT2D eigenvalue weighted by molar-refractivity contribution is 0.0734. The van der Waals surface area contributed by atoms with Crippen molar-refractivity contribution in [2.75, 3.05) is 0 Å².